The number of fused-ring (bicyclic) bond motifs is 1. The van der Waals surface area contributed by atoms with Gasteiger partial charge < -0.3 is 15.2 Å². The van der Waals surface area contributed by atoms with Crippen LogP contribution in [0.4, 0.5) is 18.9 Å². The summed E-state index contributed by atoms with van der Waals surface area (Å²) in [5, 5.41) is 13.4. The van der Waals surface area contributed by atoms with Crippen LogP contribution in [0.5, 0.6) is 5.75 Å². The molecule has 0 saturated carbocycles. The molecule has 4 aromatic carbocycles. The van der Waals surface area contributed by atoms with Crippen LogP contribution in [0.3, 0.4) is 0 Å². The first kappa shape index (κ1) is 27.7. The SMILES string of the molecule is O=C(C=C(CCC(F)(F)F)c1ccc2c(Cl)c(OCc3ccccc3)ccc2c1)Nc1ccccc1C(=O)O. The lowest BCUT2D eigenvalue weighted by Gasteiger charge is -2.14. The predicted molar refractivity (Wildman–Crippen MR) is 145 cm³/mol. The summed E-state index contributed by atoms with van der Waals surface area (Å²) in [5.74, 6) is -1.53. The number of allylic oxidation sites excluding steroid dienone is 1. The zero-order valence-corrected chi connectivity index (χ0v) is 21.2. The number of ether oxygens (including phenoxy) is 1. The van der Waals surface area contributed by atoms with Crippen molar-refractivity contribution in [2.75, 3.05) is 5.32 Å². The van der Waals surface area contributed by atoms with Crippen LogP contribution in [0, 0.1) is 0 Å². The van der Waals surface area contributed by atoms with Crippen molar-refractivity contribution < 1.29 is 32.6 Å². The van der Waals surface area contributed by atoms with Crippen molar-refractivity contribution in [3.8, 4) is 5.75 Å². The van der Waals surface area contributed by atoms with E-state index in [1.54, 1.807) is 36.4 Å². The summed E-state index contributed by atoms with van der Waals surface area (Å²) in [6, 6.07) is 23.7. The van der Waals surface area contributed by atoms with Gasteiger partial charge in [-0.1, -0.05) is 72.3 Å². The van der Waals surface area contributed by atoms with Crippen LogP contribution in [-0.2, 0) is 11.4 Å². The van der Waals surface area contributed by atoms with Gasteiger partial charge in [-0.25, -0.2) is 4.79 Å². The average molecular weight is 554 g/mol. The van der Waals surface area contributed by atoms with Gasteiger partial charge in [0.05, 0.1) is 16.3 Å². The highest BCUT2D eigenvalue weighted by Crippen LogP contribution is 2.36. The maximum Gasteiger partial charge on any atom is 0.389 e. The molecule has 5 nitrogen and oxygen atoms in total. The number of hydrogen-bond acceptors (Lipinski definition) is 3. The number of rotatable bonds is 9. The lowest BCUT2D eigenvalue weighted by molar-refractivity contribution is -0.133. The van der Waals surface area contributed by atoms with E-state index in [0.29, 0.717) is 33.7 Å². The molecular weight excluding hydrogens is 531 g/mol. The molecule has 0 bridgehead atoms. The summed E-state index contributed by atoms with van der Waals surface area (Å²) in [6.07, 6.45) is -4.96. The number of hydrogen-bond donors (Lipinski definition) is 2. The highest BCUT2D eigenvalue weighted by Gasteiger charge is 2.27. The normalized spacial score (nSPS) is 11.8. The molecule has 0 atom stereocenters. The molecule has 0 heterocycles. The molecule has 9 heteroatoms. The Morgan fingerprint density at radius 2 is 1.67 bits per heavy atom. The summed E-state index contributed by atoms with van der Waals surface area (Å²) in [6.45, 7) is 0.314. The zero-order chi connectivity index (χ0) is 28.0. The first-order valence-corrected chi connectivity index (χ1v) is 12.3. The Bertz CT molecular complexity index is 1530. The van der Waals surface area contributed by atoms with E-state index in [4.69, 9.17) is 16.3 Å². The van der Waals surface area contributed by atoms with Crippen LogP contribution < -0.4 is 10.1 Å². The fourth-order valence-electron chi connectivity index (χ4n) is 4.00. The van der Waals surface area contributed by atoms with Crippen LogP contribution >= 0.6 is 11.6 Å². The molecular formula is C30H23ClF3NO4. The van der Waals surface area contributed by atoms with E-state index in [2.05, 4.69) is 5.32 Å². The van der Waals surface area contributed by atoms with Gasteiger partial charge in [0.25, 0.3) is 0 Å². The molecule has 0 radical (unpaired) electrons. The van der Waals surface area contributed by atoms with Gasteiger partial charge >= 0.3 is 12.1 Å². The van der Waals surface area contributed by atoms with Gasteiger partial charge in [0.2, 0.25) is 5.91 Å². The van der Waals surface area contributed by atoms with E-state index in [-0.39, 0.29) is 16.8 Å². The van der Waals surface area contributed by atoms with Gasteiger partial charge in [-0.05, 0) is 52.8 Å². The van der Waals surface area contributed by atoms with E-state index in [1.165, 1.54) is 18.2 Å². The Balaban J connectivity index is 1.62. The molecule has 0 fully saturated rings. The third kappa shape index (κ3) is 7.39. The van der Waals surface area contributed by atoms with Crippen molar-refractivity contribution in [2.45, 2.75) is 25.6 Å². The number of carbonyl (C=O) groups excluding carboxylic acids is 1. The van der Waals surface area contributed by atoms with Crippen LogP contribution in [0.15, 0.2) is 91.0 Å². The number of nitrogens with one attached hydrogen (secondary N) is 1. The summed E-state index contributed by atoms with van der Waals surface area (Å²) < 4.78 is 45.1. The average Bonchev–Trinajstić information content (AvgIpc) is 2.90. The largest absolute Gasteiger partial charge is 0.487 e. The van der Waals surface area contributed by atoms with Gasteiger partial charge in [-0.3, -0.25) is 4.79 Å². The van der Waals surface area contributed by atoms with Crippen molar-refractivity contribution >= 4 is 45.5 Å². The quantitative estimate of drug-likeness (QED) is 0.205. The highest BCUT2D eigenvalue weighted by atomic mass is 35.5. The van der Waals surface area contributed by atoms with E-state index < -0.39 is 30.9 Å². The monoisotopic (exact) mass is 553 g/mol. The smallest absolute Gasteiger partial charge is 0.389 e. The molecule has 0 aromatic heterocycles. The molecule has 0 spiro atoms. The third-order valence-corrected chi connectivity index (χ3v) is 6.31. The second-order valence-electron chi connectivity index (χ2n) is 8.71. The second-order valence-corrected chi connectivity index (χ2v) is 9.09. The summed E-state index contributed by atoms with van der Waals surface area (Å²) in [7, 11) is 0. The number of carbonyl (C=O) groups is 2. The van der Waals surface area contributed by atoms with Crippen molar-refractivity contribution in [3.05, 3.63) is 113 Å². The number of benzene rings is 4. The van der Waals surface area contributed by atoms with Gasteiger partial charge in [-0.15, -0.1) is 0 Å². The molecule has 2 N–H and O–H groups in total. The number of para-hydroxylation sites is 1. The summed E-state index contributed by atoms with van der Waals surface area (Å²) in [4.78, 5) is 24.2. The van der Waals surface area contributed by atoms with Gasteiger partial charge in [0.15, 0.2) is 0 Å². The number of amides is 1. The molecule has 1 amide bonds. The van der Waals surface area contributed by atoms with Crippen LogP contribution in [-0.4, -0.2) is 23.2 Å². The zero-order valence-electron chi connectivity index (χ0n) is 20.5. The fourth-order valence-corrected chi connectivity index (χ4v) is 4.29. The van der Waals surface area contributed by atoms with E-state index in [9.17, 15) is 27.9 Å². The molecule has 4 aromatic rings. The Kier molecular flexibility index (Phi) is 8.56. The van der Waals surface area contributed by atoms with Crippen molar-refractivity contribution in [1.29, 1.82) is 0 Å². The molecule has 39 heavy (non-hydrogen) atoms. The first-order chi connectivity index (χ1) is 18.6. The van der Waals surface area contributed by atoms with Crippen molar-refractivity contribution in [2.24, 2.45) is 0 Å². The lowest BCUT2D eigenvalue weighted by atomic mass is 9.97. The Labute approximate surface area is 227 Å². The minimum absolute atomic E-state index is 0.0368. The second kappa shape index (κ2) is 12.0. The maximum absolute atomic E-state index is 13.1. The standard InChI is InChI=1S/C30H23ClF3NO4/c31-28-23-12-10-20(16-22(23)11-13-26(28)39-18-19-6-2-1-3-7-19)21(14-15-30(32,33)34)17-27(36)35-25-9-5-4-8-24(25)29(37)38/h1-13,16-17H,14-15,18H2,(H,35,36)(H,37,38). The van der Waals surface area contributed by atoms with E-state index in [0.717, 1.165) is 11.6 Å². The molecule has 4 rings (SSSR count). The first-order valence-electron chi connectivity index (χ1n) is 11.9. The van der Waals surface area contributed by atoms with E-state index in [1.807, 2.05) is 30.3 Å². The molecule has 0 aliphatic carbocycles. The van der Waals surface area contributed by atoms with Crippen molar-refractivity contribution in [1.82, 2.24) is 0 Å². The lowest BCUT2D eigenvalue weighted by Crippen LogP contribution is -2.13. The highest BCUT2D eigenvalue weighted by molar-refractivity contribution is 6.37. The predicted octanol–water partition coefficient (Wildman–Crippen LogP) is 8.14. The minimum Gasteiger partial charge on any atom is -0.487 e. The molecule has 200 valence electrons. The fraction of sp³-hybridized carbons (Fsp3) is 0.133. The van der Waals surface area contributed by atoms with Crippen LogP contribution in [0.1, 0.15) is 34.3 Å². The molecule has 0 aliphatic rings. The number of anilines is 1. The number of carboxylic acids is 1. The topological polar surface area (TPSA) is 75.6 Å². The van der Waals surface area contributed by atoms with Gasteiger partial charge in [0.1, 0.15) is 12.4 Å². The van der Waals surface area contributed by atoms with Crippen LogP contribution in [0.2, 0.25) is 5.02 Å². The number of carboxylic acid groups (broad SMARTS) is 1. The van der Waals surface area contributed by atoms with Gasteiger partial charge in [0, 0.05) is 17.9 Å². The molecule has 0 aliphatic heterocycles. The minimum atomic E-state index is -4.43. The summed E-state index contributed by atoms with van der Waals surface area (Å²) >= 11 is 6.58. The molecule has 0 saturated heterocycles. The van der Waals surface area contributed by atoms with Crippen LogP contribution in [0.25, 0.3) is 16.3 Å². The number of alkyl halides is 3. The summed E-state index contributed by atoms with van der Waals surface area (Å²) in [5.41, 5.74) is 1.41. The Morgan fingerprint density at radius 3 is 2.38 bits per heavy atom. The number of halogens is 4. The van der Waals surface area contributed by atoms with E-state index >= 15 is 0 Å². The Morgan fingerprint density at radius 1 is 0.949 bits per heavy atom. The third-order valence-electron chi connectivity index (χ3n) is 5.93. The Hall–Kier alpha value is -4.30. The molecule has 0 unspecified atom stereocenters. The number of aromatic carboxylic acids is 1. The van der Waals surface area contributed by atoms with Crippen molar-refractivity contribution in [3.63, 3.8) is 0 Å². The maximum atomic E-state index is 13.1. The van der Waals surface area contributed by atoms with Gasteiger partial charge in [-0.2, -0.15) is 13.2 Å².